The molecule has 1 aromatic carbocycles. The molecule has 110 valence electrons. The lowest BCUT2D eigenvalue weighted by Crippen LogP contribution is -2.33. The second kappa shape index (κ2) is 6.25. The topological polar surface area (TPSA) is 41.1 Å². The quantitative estimate of drug-likeness (QED) is 0.876. The van der Waals surface area contributed by atoms with Gasteiger partial charge in [-0.15, -0.1) is 0 Å². The van der Waals surface area contributed by atoms with Crippen molar-refractivity contribution in [1.29, 1.82) is 0 Å². The van der Waals surface area contributed by atoms with Crippen molar-refractivity contribution in [3.8, 4) is 0 Å². The zero-order valence-corrected chi connectivity index (χ0v) is 12.4. The molecule has 3 unspecified atom stereocenters. The van der Waals surface area contributed by atoms with Gasteiger partial charge >= 0.3 is 0 Å². The Morgan fingerprint density at radius 1 is 1.30 bits per heavy atom. The van der Waals surface area contributed by atoms with Crippen LogP contribution in [0.3, 0.4) is 0 Å². The van der Waals surface area contributed by atoms with Gasteiger partial charge in [0.05, 0.1) is 5.69 Å². The van der Waals surface area contributed by atoms with E-state index in [1.165, 1.54) is 25.8 Å². The minimum atomic E-state index is -0.273. The van der Waals surface area contributed by atoms with Gasteiger partial charge in [0.15, 0.2) is 0 Å². The van der Waals surface area contributed by atoms with E-state index >= 15 is 0 Å². The maximum absolute atomic E-state index is 13.9. The summed E-state index contributed by atoms with van der Waals surface area (Å²) in [6.45, 7) is 5.93. The molecule has 0 saturated heterocycles. The van der Waals surface area contributed by atoms with Gasteiger partial charge in [-0.3, -0.25) is 4.79 Å². The molecule has 1 aromatic rings. The van der Waals surface area contributed by atoms with Gasteiger partial charge in [-0.25, -0.2) is 4.39 Å². The first-order valence-corrected chi connectivity index (χ1v) is 7.29. The van der Waals surface area contributed by atoms with Crippen LogP contribution in [0.4, 0.5) is 15.8 Å². The third kappa shape index (κ3) is 3.71. The molecule has 2 rings (SSSR count). The standard InChI is InChI=1S/C16H23FN2O/c1-10-4-7-15(11(2)8-10)19-16-9-13(18-12(3)20)5-6-14(16)17/h5-6,9-11,15,19H,4,7-8H2,1-3H3,(H,18,20). The van der Waals surface area contributed by atoms with E-state index in [0.29, 0.717) is 23.3 Å². The van der Waals surface area contributed by atoms with E-state index in [4.69, 9.17) is 0 Å². The summed E-state index contributed by atoms with van der Waals surface area (Å²) in [6, 6.07) is 4.94. The number of halogens is 1. The van der Waals surface area contributed by atoms with Crippen LogP contribution in [-0.4, -0.2) is 11.9 Å². The van der Waals surface area contributed by atoms with Crippen molar-refractivity contribution in [2.45, 2.75) is 46.1 Å². The third-order valence-electron chi connectivity index (χ3n) is 4.06. The van der Waals surface area contributed by atoms with Crippen molar-refractivity contribution in [2.24, 2.45) is 11.8 Å². The fourth-order valence-electron chi connectivity index (χ4n) is 3.00. The van der Waals surface area contributed by atoms with Crippen molar-refractivity contribution in [3.63, 3.8) is 0 Å². The largest absolute Gasteiger partial charge is 0.380 e. The van der Waals surface area contributed by atoms with E-state index < -0.39 is 0 Å². The summed E-state index contributed by atoms with van der Waals surface area (Å²) in [5.41, 5.74) is 1.10. The second-order valence-corrected chi connectivity index (χ2v) is 6.02. The summed E-state index contributed by atoms with van der Waals surface area (Å²) in [6.07, 6.45) is 3.41. The molecular weight excluding hydrogens is 255 g/mol. The number of amides is 1. The molecule has 0 spiro atoms. The highest BCUT2D eigenvalue weighted by atomic mass is 19.1. The fraction of sp³-hybridized carbons (Fsp3) is 0.562. The first-order chi connectivity index (χ1) is 9.45. The van der Waals surface area contributed by atoms with Crippen molar-refractivity contribution in [3.05, 3.63) is 24.0 Å². The molecule has 1 fully saturated rings. The number of benzene rings is 1. The molecule has 20 heavy (non-hydrogen) atoms. The molecule has 0 aromatic heterocycles. The maximum Gasteiger partial charge on any atom is 0.221 e. The summed E-state index contributed by atoms with van der Waals surface area (Å²) in [5.74, 6) is 0.855. The van der Waals surface area contributed by atoms with Crippen LogP contribution in [0.2, 0.25) is 0 Å². The Labute approximate surface area is 120 Å². The minimum absolute atomic E-state index is 0.151. The lowest BCUT2D eigenvalue weighted by Gasteiger charge is -2.34. The Morgan fingerprint density at radius 2 is 2.05 bits per heavy atom. The Kier molecular flexibility index (Phi) is 4.63. The van der Waals surface area contributed by atoms with Crippen molar-refractivity contribution in [1.82, 2.24) is 0 Å². The number of nitrogens with one attached hydrogen (secondary N) is 2. The predicted octanol–water partition coefficient (Wildman–Crippen LogP) is 4.02. The Balaban J connectivity index is 2.10. The van der Waals surface area contributed by atoms with Gasteiger partial charge in [0, 0.05) is 18.7 Å². The van der Waals surface area contributed by atoms with Crippen LogP contribution in [0.5, 0.6) is 0 Å². The van der Waals surface area contributed by atoms with Crippen LogP contribution >= 0.6 is 0 Å². The highest BCUT2D eigenvalue weighted by Gasteiger charge is 2.25. The number of rotatable bonds is 3. The molecular formula is C16H23FN2O. The number of anilines is 2. The van der Waals surface area contributed by atoms with Gasteiger partial charge in [0.2, 0.25) is 5.91 Å². The molecule has 2 N–H and O–H groups in total. The molecule has 1 amide bonds. The summed E-state index contributed by atoms with van der Waals surface area (Å²) in [7, 11) is 0. The third-order valence-corrected chi connectivity index (χ3v) is 4.06. The Bertz CT molecular complexity index is 489. The second-order valence-electron chi connectivity index (χ2n) is 6.02. The van der Waals surface area contributed by atoms with Crippen LogP contribution in [0.1, 0.15) is 40.0 Å². The Hall–Kier alpha value is -1.58. The van der Waals surface area contributed by atoms with E-state index in [-0.39, 0.29) is 11.7 Å². The van der Waals surface area contributed by atoms with Gasteiger partial charge < -0.3 is 10.6 Å². The fourth-order valence-corrected chi connectivity index (χ4v) is 3.00. The highest BCUT2D eigenvalue weighted by molar-refractivity contribution is 5.89. The summed E-state index contributed by atoms with van der Waals surface area (Å²) >= 11 is 0. The lowest BCUT2D eigenvalue weighted by atomic mass is 9.80. The molecule has 3 atom stereocenters. The van der Waals surface area contributed by atoms with Crippen LogP contribution in [0.25, 0.3) is 0 Å². The maximum atomic E-state index is 13.9. The number of hydrogen-bond donors (Lipinski definition) is 2. The zero-order valence-electron chi connectivity index (χ0n) is 12.4. The SMILES string of the molecule is CC(=O)Nc1ccc(F)c(NC2CCC(C)CC2C)c1. The summed E-state index contributed by atoms with van der Waals surface area (Å²) in [5, 5.41) is 5.99. The molecule has 0 aliphatic heterocycles. The molecule has 1 aliphatic carbocycles. The normalized spacial score (nSPS) is 26.1. The molecule has 1 aliphatic rings. The highest BCUT2D eigenvalue weighted by Crippen LogP contribution is 2.32. The molecule has 0 radical (unpaired) electrons. The van der Waals surface area contributed by atoms with Gasteiger partial charge in [-0.2, -0.15) is 0 Å². The van der Waals surface area contributed by atoms with Crippen molar-refractivity contribution >= 4 is 17.3 Å². The van der Waals surface area contributed by atoms with E-state index in [0.717, 1.165) is 12.3 Å². The van der Waals surface area contributed by atoms with E-state index in [2.05, 4.69) is 24.5 Å². The van der Waals surface area contributed by atoms with Gasteiger partial charge in [0.25, 0.3) is 0 Å². The zero-order chi connectivity index (χ0) is 14.7. The van der Waals surface area contributed by atoms with Crippen LogP contribution in [-0.2, 0) is 4.79 Å². The smallest absolute Gasteiger partial charge is 0.221 e. The average molecular weight is 278 g/mol. The van der Waals surface area contributed by atoms with Crippen LogP contribution in [0.15, 0.2) is 18.2 Å². The minimum Gasteiger partial charge on any atom is -0.380 e. The average Bonchev–Trinajstić information content (AvgIpc) is 2.36. The van der Waals surface area contributed by atoms with Gasteiger partial charge in [0.1, 0.15) is 5.82 Å². The summed E-state index contributed by atoms with van der Waals surface area (Å²) < 4.78 is 13.9. The lowest BCUT2D eigenvalue weighted by molar-refractivity contribution is -0.114. The number of carbonyl (C=O) groups is 1. The van der Waals surface area contributed by atoms with Crippen molar-refractivity contribution in [2.75, 3.05) is 10.6 Å². The number of carbonyl (C=O) groups excluding carboxylic acids is 1. The van der Waals surface area contributed by atoms with E-state index in [9.17, 15) is 9.18 Å². The molecule has 0 bridgehead atoms. The molecule has 0 heterocycles. The predicted molar refractivity (Wildman–Crippen MR) is 80.3 cm³/mol. The van der Waals surface area contributed by atoms with Gasteiger partial charge in [-0.1, -0.05) is 13.8 Å². The van der Waals surface area contributed by atoms with E-state index in [1.54, 1.807) is 12.1 Å². The number of hydrogen-bond acceptors (Lipinski definition) is 2. The van der Waals surface area contributed by atoms with Crippen LogP contribution in [0, 0.1) is 17.7 Å². The monoisotopic (exact) mass is 278 g/mol. The van der Waals surface area contributed by atoms with Crippen LogP contribution < -0.4 is 10.6 Å². The van der Waals surface area contributed by atoms with Crippen molar-refractivity contribution < 1.29 is 9.18 Å². The Morgan fingerprint density at radius 3 is 2.70 bits per heavy atom. The first kappa shape index (κ1) is 14.8. The molecule has 3 nitrogen and oxygen atoms in total. The summed E-state index contributed by atoms with van der Waals surface area (Å²) in [4.78, 5) is 11.1. The first-order valence-electron chi connectivity index (χ1n) is 7.29. The molecule has 4 heteroatoms. The van der Waals surface area contributed by atoms with E-state index in [1.807, 2.05) is 0 Å². The van der Waals surface area contributed by atoms with Gasteiger partial charge in [-0.05, 0) is 49.3 Å². The molecule has 1 saturated carbocycles.